The monoisotopic (exact) mass is 325 g/mol. The summed E-state index contributed by atoms with van der Waals surface area (Å²) in [7, 11) is 0. The molecule has 2 atom stereocenters. The van der Waals surface area contributed by atoms with Gasteiger partial charge in [-0.05, 0) is 41.4 Å². The number of halogens is 1. The van der Waals surface area contributed by atoms with Crippen molar-refractivity contribution in [2.24, 2.45) is 5.73 Å². The molecular weight excluding hydrogens is 306 g/mol. The highest BCUT2D eigenvalue weighted by Gasteiger charge is 2.28. The van der Waals surface area contributed by atoms with Gasteiger partial charge in [0.25, 0.3) is 0 Å². The first-order valence-electron chi connectivity index (χ1n) is 6.55. The summed E-state index contributed by atoms with van der Waals surface area (Å²) in [5.74, 6) is 0.0940. The van der Waals surface area contributed by atoms with Crippen LogP contribution in [0.3, 0.4) is 0 Å². The molecule has 0 spiro atoms. The SMILES string of the molecule is CCC1COC(C)CN1c1cccc(Br)c1C(=N)N. The summed E-state index contributed by atoms with van der Waals surface area (Å²) in [5, 5.41) is 7.80. The Balaban J connectivity index is 2.44. The smallest absolute Gasteiger partial charge is 0.126 e. The average Bonchev–Trinajstić information content (AvgIpc) is 2.37. The molecule has 104 valence electrons. The van der Waals surface area contributed by atoms with Crippen LogP contribution in [0.1, 0.15) is 25.8 Å². The molecule has 19 heavy (non-hydrogen) atoms. The molecule has 5 heteroatoms. The van der Waals surface area contributed by atoms with Gasteiger partial charge in [-0.3, -0.25) is 5.41 Å². The Hall–Kier alpha value is -1.07. The number of hydrogen-bond donors (Lipinski definition) is 2. The largest absolute Gasteiger partial charge is 0.384 e. The molecule has 0 radical (unpaired) electrons. The molecule has 0 saturated carbocycles. The molecule has 1 aromatic carbocycles. The number of ether oxygens (including phenoxy) is 1. The molecular formula is C14H20BrN3O. The Bertz CT molecular complexity index is 478. The molecule has 0 aromatic heterocycles. The van der Waals surface area contributed by atoms with Crippen molar-refractivity contribution in [3.8, 4) is 0 Å². The van der Waals surface area contributed by atoms with Gasteiger partial charge in [0.1, 0.15) is 5.84 Å². The van der Waals surface area contributed by atoms with Crippen LogP contribution in [0.15, 0.2) is 22.7 Å². The maximum absolute atomic E-state index is 7.80. The third-order valence-electron chi connectivity index (χ3n) is 3.51. The molecule has 1 aliphatic heterocycles. The number of nitrogens with zero attached hydrogens (tertiary/aromatic N) is 1. The van der Waals surface area contributed by atoms with E-state index in [0.717, 1.165) is 35.3 Å². The van der Waals surface area contributed by atoms with Crippen LogP contribution in [0.5, 0.6) is 0 Å². The number of nitrogens with two attached hydrogens (primary N) is 1. The predicted molar refractivity (Wildman–Crippen MR) is 82.0 cm³/mol. The first-order valence-corrected chi connectivity index (χ1v) is 7.35. The number of nitrogen functional groups attached to an aromatic ring is 1. The topological polar surface area (TPSA) is 62.3 Å². The number of rotatable bonds is 3. The second kappa shape index (κ2) is 5.92. The van der Waals surface area contributed by atoms with Gasteiger partial charge in [0.2, 0.25) is 0 Å². The lowest BCUT2D eigenvalue weighted by Crippen LogP contribution is -2.49. The summed E-state index contributed by atoms with van der Waals surface area (Å²) in [4.78, 5) is 2.32. The zero-order chi connectivity index (χ0) is 14.0. The van der Waals surface area contributed by atoms with Gasteiger partial charge in [0, 0.05) is 16.7 Å². The maximum Gasteiger partial charge on any atom is 0.126 e. The molecule has 1 heterocycles. The van der Waals surface area contributed by atoms with Crippen molar-refractivity contribution in [2.45, 2.75) is 32.4 Å². The molecule has 4 nitrogen and oxygen atoms in total. The van der Waals surface area contributed by atoms with Crippen molar-refractivity contribution in [3.63, 3.8) is 0 Å². The van der Waals surface area contributed by atoms with Crippen LogP contribution in [0.4, 0.5) is 5.69 Å². The van der Waals surface area contributed by atoms with Gasteiger partial charge >= 0.3 is 0 Å². The Morgan fingerprint density at radius 2 is 2.32 bits per heavy atom. The molecule has 0 amide bonds. The minimum absolute atomic E-state index is 0.0940. The Morgan fingerprint density at radius 1 is 1.58 bits per heavy atom. The van der Waals surface area contributed by atoms with Crippen LogP contribution >= 0.6 is 15.9 Å². The van der Waals surface area contributed by atoms with Crippen LogP contribution < -0.4 is 10.6 Å². The second-order valence-electron chi connectivity index (χ2n) is 4.91. The quantitative estimate of drug-likeness (QED) is 0.663. The summed E-state index contributed by atoms with van der Waals surface area (Å²) in [5.41, 5.74) is 7.53. The van der Waals surface area contributed by atoms with Crippen LogP contribution in [-0.2, 0) is 4.74 Å². The van der Waals surface area contributed by atoms with Crippen LogP contribution in [0, 0.1) is 5.41 Å². The third kappa shape index (κ3) is 2.92. The van der Waals surface area contributed by atoms with Gasteiger partial charge in [-0.25, -0.2) is 0 Å². The van der Waals surface area contributed by atoms with Crippen LogP contribution in [-0.4, -0.2) is 31.1 Å². The molecule has 2 rings (SSSR count). The van der Waals surface area contributed by atoms with Crippen molar-refractivity contribution < 1.29 is 4.74 Å². The summed E-state index contributed by atoms with van der Waals surface area (Å²) < 4.78 is 6.59. The highest BCUT2D eigenvalue weighted by Crippen LogP contribution is 2.31. The molecule has 0 bridgehead atoms. The number of morpholine rings is 1. The van der Waals surface area contributed by atoms with E-state index in [2.05, 4.69) is 34.7 Å². The van der Waals surface area contributed by atoms with E-state index < -0.39 is 0 Å². The molecule has 1 saturated heterocycles. The number of nitrogens with one attached hydrogen (secondary N) is 1. The van der Waals surface area contributed by atoms with E-state index in [1.54, 1.807) is 0 Å². The maximum atomic E-state index is 7.80. The zero-order valence-corrected chi connectivity index (χ0v) is 12.9. The van der Waals surface area contributed by atoms with Gasteiger partial charge < -0.3 is 15.4 Å². The summed E-state index contributed by atoms with van der Waals surface area (Å²) in [6.45, 7) is 5.78. The lowest BCUT2D eigenvalue weighted by atomic mass is 10.1. The molecule has 1 aliphatic rings. The van der Waals surface area contributed by atoms with Crippen molar-refractivity contribution >= 4 is 27.5 Å². The van der Waals surface area contributed by atoms with Gasteiger partial charge in [-0.1, -0.05) is 13.0 Å². The number of amidine groups is 1. The molecule has 2 unspecified atom stereocenters. The lowest BCUT2D eigenvalue weighted by Gasteiger charge is -2.41. The van der Waals surface area contributed by atoms with E-state index in [4.69, 9.17) is 15.9 Å². The van der Waals surface area contributed by atoms with Crippen molar-refractivity contribution in [3.05, 3.63) is 28.2 Å². The van der Waals surface area contributed by atoms with Gasteiger partial charge in [-0.2, -0.15) is 0 Å². The molecule has 0 aliphatic carbocycles. The highest BCUT2D eigenvalue weighted by molar-refractivity contribution is 9.10. The lowest BCUT2D eigenvalue weighted by molar-refractivity contribution is 0.0299. The Kier molecular flexibility index (Phi) is 4.47. The highest BCUT2D eigenvalue weighted by atomic mass is 79.9. The van der Waals surface area contributed by atoms with Crippen LogP contribution in [0.2, 0.25) is 0 Å². The number of hydrogen-bond acceptors (Lipinski definition) is 3. The Labute approximate surface area is 122 Å². The first-order chi connectivity index (χ1) is 9.04. The minimum atomic E-state index is 0.0940. The van der Waals surface area contributed by atoms with Gasteiger partial charge in [0.05, 0.1) is 24.3 Å². The summed E-state index contributed by atoms with van der Waals surface area (Å²) >= 11 is 3.49. The molecule has 1 aromatic rings. The van der Waals surface area contributed by atoms with E-state index in [9.17, 15) is 0 Å². The zero-order valence-electron chi connectivity index (χ0n) is 11.3. The van der Waals surface area contributed by atoms with Gasteiger partial charge in [-0.15, -0.1) is 0 Å². The number of anilines is 1. The molecule has 3 N–H and O–H groups in total. The summed E-state index contributed by atoms with van der Waals surface area (Å²) in [6, 6.07) is 6.27. The van der Waals surface area contributed by atoms with E-state index in [1.807, 2.05) is 18.2 Å². The molecule has 1 fully saturated rings. The average molecular weight is 326 g/mol. The Morgan fingerprint density at radius 3 is 2.95 bits per heavy atom. The van der Waals surface area contributed by atoms with E-state index in [-0.39, 0.29) is 11.9 Å². The van der Waals surface area contributed by atoms with Gasteiger partial charge in [0.15, 0.2) is 0 Å². The fraction of sp³-hybridized carbons (Fsp3) is 0.500. The standard InChI is InChI=1S/C14H20BrN3O/c1-3-10-8-19-9(2)7-18(10)12-6-4-5-11(15)13(12)14(16)17/h4-6,9-10H,3,7-8H2,1-2H3,(H3,16,17). The summed E-state index contributed by atoms with van der Waals surface area (Å²) in [6.07, 6.45) is 1.21. The first kappa shape index (κ1) is 14.3. The van der Waals surface area contributed by atoms with E-state index >= 15 is 0 Å². The van der Waals surface area contributed by atoms with Crippen molar-refractivity contribution in [2.75, 3.05) is 18.1 Å². The van der Waals surface area contributed by atoms with Crippen molar-refractivity contribution in [1.82, 2.24) is 0 Å². The number of benzene rings is 1. The normalized spacial score (nSPS) is 23.4. The fourth-order valence-electron chi connectivity index (χ4n) is 2.50. The predicted octanol–water partition coefficient (Wildman–Crippen LogP) is 2.74. The fourth-order valence-corrected chi connectivity index (χ4v) is 3.07. The van der Waals surface area contributed by atoms with Crippen LogP contribution in [0.25, 0.3) is 0 Å². The van der Waals surface area contributed by atoms with E-state index in [1.165, 1.54) is 0 Å². The van der Waals surface area contributed by atoms with E-state index in [0.29, 0.717) is 6.04 Å². The minimum Gasteiger partial charge on any atom is -0.384 e. The van der Waals surface area contributed by atoms with Crippen molar-refractivity contribution in [1.29, 1.82) is 5.41 Å². The third-order valence-corrected chi connectivity index (χ3v) is 4.17. The second-order valence-corrected chi connectivity index (χ2v) is 5.76.